The van der Waals surface area contributed by atoms with Gasteiger partial charge in [-0.25, -0.2) is 4.79 Å². The first-order valence-corrected chi connectivity index (χ1v) is 7.30. The molecule has 0 unspecified atom stereocenters. The third kappa shape index (κ3) is 5.34. The summed E-state index contributed by atoms with van der Waals surface area (Å²) >= 11 is 5.89. The third-order valence-electron chi connectivity index (χ3n) is 2.89. The van der Waals surface area contributed by atoms with Crippen LogP contribution in [0, 0.1) is 0 Å². The van der Waals surface area contributed by atoms with Crippen molar-refractivity contribution in [2.75, 3.05) is 13.2 Å². The van der Waals surface area contributed by atoms with Gasteiger partial charge in [0.25, 0.3) is 5.91 Å². The molecule has 2 rings (SSSR count). The van der Waals surface area contributed by atoms with E-state index in [1.807, 2.05) is 0 Å². The van der Waals surface area contributed by atoms with Crippen LogP contribution in [0.1, 0.15) is 18.7 Å². The van der Waals surface area contributed by atoms with Crippen molar-refractivity contribution in [2.24, 2.45) is 0 Å². The van der Waals surface area contributed by atoms with E-state index in [0.717, 1.165) is 0 Å². The molecule has 0 bridgehead atoms. The monoisotopic (exact) mass is 337 g/mol. The van der Waals surface area contributed by atoms with E-state index in [2.05, 4.69) is 5.32 Å². The summed E-state index contributed by atoms with van der Waals surface area (Å²) in [5, 5.41) is 3.04. The molecule has 1 amide bonds. The highest BCUT2D eigenvalue weighted by molar-refractivity contribution is 6.32. The van der Waals surface area contributed by atoms with Gasteiger partial charge in [-0.15, -0.1) is 0 Å². The number of ether oxygens (including phenoxy) is 2. The lowest BCUT2D eigenvalue weighted by atomic mass is 10.2. The Labute approximate surface area is 138 Å². The topological polar surface area (TPSA) is 77.8 Å². The van der Waals surface area contributed by atoms with E-state index in [1.54, 1.807) is 43.3 Å². The van der Waals surface area contributed by atoms with Gasteiger partial charge in [-0.1, -0.05) is 23.7 Å². The highest BCUT2D eigenvalue weighted by atomic mass is 35.5. The molecule has 0 spiro atoms. The lowest BCUT2D eigenvalue weighted by Gasteiger charge is -2.12. The summed E-state index contributed by atoms with van der Waals surface area (Å²) in [6, 6.07) is 9.92. The smallest absolute Gasteiger partial charge is 0.344 e. The van der Waals surface area contributed by atoms with Crippen LogP contribution < -0.4 is 10.1 Å². The standard InChI is InChI=1S/C16H16ClNO5/c1-11(13-7-4-8-21-13)18-15(19)9-23-16(20)10-22-14-6-3-2-5-12(14)17/h2-8,11H,9-10H2,1H3,(H,18,19)/t11-/m0/s1. The molecule has 0 radical (unpaired) electrons. The van der Waals surface area contributed by atoms with Gasteiger partial charge in [0.1, 0.15) is 11.5 Å². The number of nitrogens with one attached hydrogen (secondary N) is 1. The van der Waals surface area contributed by atoms with Crippen LogP contribution in [0.2, 0.25) is 5.02 Å². The van der Waals surface area contributed by atoms with Crippen LogP contribution in [0.15, 0.2) is 47.1 Å². The van der Waals surface area contributed by atoms with Crippen molar-refractivity contribution in [3.05, 3.63) is 53.4 Å². The molecule has 0 saturated heterocycles. The molecule has 6 nitrogen and oxygen atoms in total. The first-order chi connectivity index (χ1) is 11.1. The van der Waals surface area contributed by atoms with Crippen LogP contribution in [0.3, 0.4) is 0 Å². The number of para-hydroxylation sites is 1. The van der Waals surface area contributed by atoms with Gasteiger partial charge in [-0.2, -0.15) is 0 Å². The second-order valence-electron chi connectivity index (χ2n) is 4.68. The molecule has 7 heteroatoms. The number of hydrogen-bond donors (Lipinski definition) is 1. The van der Waals surface area contributed by atoms with E-state index < -0.39 is 18.5 Å². The van der Waals surface area contributed by atoms with Gasteiger partial charge < -0.3 is 19.2 Å². The predicted octanol–water partition coefficient (Wildman–Crippen LogP) is 2.73. The number of carbonyl (C=O) groups excluding carboxylic acids is 2. The van der Waals surface area contributed by atoms with E-state index in [4.69, 9.17) is 25.5 Å². The minimum atomic E-state index is -0.661. The second kappa shape index (κ2) is 8.24. The van der Waals surface area contributed by atoms with Crippen LogP contribution in [0.5, 0.6) is 5.75 Å². The average Bonchev–Trinajstić information content (AvgIpc) is 3.06. The Morgan fingerprint density at radius 1 is 1.22 bits per heavy atom. The minimum Gasteiger partial charge on any atom is -0.480 e. The molecule has 122 valence electrons. The fraction of sp³-hybridized carbons (Fsp3) is 0.250. The number of halogens is 1. The maximum Gasteiger partial charge on any atom is 0.344 e. The number of furan rings is 1. The zero-order valence-corrected chi connectivity index (χ0v) is 13.2. The van der Waals surface area contributed by atoms with Crippen molar-refractivity contribution in [1.82, 2.24) is 5.32 Å². The molecule has 1 aromatic carbocycles. The Morgan fingerprint density at radius 2 is 2.00 bits per heavy atom. The van der Waals surface area contributed by atoms with Gasteiger partial charge in [-0.05, 0) is 31.2 Å². The first kappa shape index (κ1) is 16.9. The zero-order valence-electron chi connectivity index (χ0n) is 12.5. The first-order valence-electron chi connectivity index (χ1n) is 6.92. The molecule has 1 atom stereocenters. The maximum atomic E-state index is 11.7. The number of rotatable bonds is 7. The molecule has 0 saturated carbocycles. The molecule has 1 heterocycles. The van der Waals surface area contributed by atoms with Crippen molar-refractivity contribution in [2.45, 2.75) is 13.0 Å². The van der Waals surface area contributed by atoms with Crippen LogP contribution >= 0.6 is 11.6 Å². The zero-order chi connectivity index (χ0) is 16.7. The van der Waals surface area contributed by atoms with Crippen molar-refractivity contribution < 1.29 is 23.5 Å². The Morgan fingerprint density at radius 3 is 2.70 bits per heavy atom. The average molecular weight is 338 g/mol. The largest absolute Gasteiger partial charge is 0.480 e. The summed E-state index contributed by atoms with van der Waals surface area (Å²) < 4.78 is 15.2. The quantitative estimate of drug-likeness (QED) is 0.786. The van der Waals surface area contributed by atoms with Crippen molar-refractivity contribution in [1.29, 1.82) is 0 Å². The molecule has 0 fully saturated rings. The molecular weight excluding hydrogens is 322 g/mol. The Hall–Kier alpha value is -2.47. The third-order valence-corrected chi connectivity index (χ3v) is 3.21. The number of carbonyl (C=O) groups is 2. The lowest BCUT2D eigenvalue weighted by molar-refractivity contribution is -0.150. The summed E-state index contributed by atoms with van der Waals surface area (Å²) in [6.45, 7) is 1.04. The van der Waals surface area contributed by atoms with Crippen molar-refractivity contribution in [3.8, 4) is 5.75 Å². The Balaban J connectivity index is 1.70. The van der Waals surface area contributed by atoms with Gasteiger partial charge in [0.2, 0.25) is 0 Å². The van der Waals surface area contributed by atoms with Gasteiger partial charge in [0.15, 0.2) is 13.2 Å². The van der Waals surface area contributed by atoms with Gasteiger partial charge in [-0.3, -0.25) is 4.79 Å². The van der Waals surface area contributed by atoms with Gasteiger partial charge in [0, 0.05) is 0 Å². The van der Waals surface area contributed by atoms with Gasteiger partial charge >= 0.3 is 5.97 Å². The van der Waals surface area contributed by atoms with Crippen LogP contribution in [0.25, 0.3) is 0 Å². The SMILES string of the molecule is C[C@H](NC(=O)COC(=O)COc1ccccc1Cl)c1ccco1. The molecule has 23 heavy (non-hydrogen) atoms. The van der Waals surface area contributed by atoms with Crippen LogP contribution in [0.4, 0.5) is 0 Å². The summed E-state index contributed by atoms with van der Waals surface area (Å²) in [6.07, 6.45) is 1.52. The van der Waals surface area contributed by atoms with E-state index in [-0.39, 0.29) is 12.6 Å². The molecule has 1 aromatic heterocycles. The Bertz CT molecular complexity index is 656. The predicted molar refractivity (Wildman–Crippen MR) is 83.2 cm³/mol. The normalized spacial score (nSPS) is 11.6. The summed E-state index contributed by atoms with van der Waals surface area (Å²) in [7, 11) is 0. The van der Waals surface area contributed by atoms with Crippen molar-refractivity contribution >= 4 is 23.5 Å². The number of esters is 1. The summed E-state index contributed by atoms with van der Waals surface area (Å²) in [4.78, 5) is 23.2. The summed E-state index contributed by atoms with van der Waals surface area (Å²) in [5.41, 5.74) is 0. The van der Waals surface area contributed by atoms with E-state index in [0.29, 0.717) is 16.5 Å². The maximum absolute atomic E-state index is 11.7. The second-order valence-corrected chi connectivity index (χ2v) is 5.09. The van der Waals surface area contributed by atoms with Gasteiger partial charge in [0.05, 0.1) is 17.3 Å². The molecule has 0 aliphatic heterocycles. The molecule has 2 aromatic rings. The fourth-order valence-electron chi connectivity index (χ4n) is 1.78. The van der Waals surface area contributed by atoms with Crippen molar-refractivity contribution in [3.63, 3.8) is 0 Å². The molecule has 1 N–H and O–H groups in total. The highest BCUT2D eigenvalue weighted by Gasteiger charge is 2.14. The molecule has 0 aliphatic carbocycles. The Kier molecular flexibility index (Phi) is 6.05. The van der Waals surface area contributed by atoms with E-state index >= 15 is 0 Å². The minimum absolute atomic E-state index is 0.310. The molecular formula is C16H16ClNO5. The number of benzene rings is 1. The van der Waals surface area contributed by atoms with Crippen LogP contribution in [-0.2, 0) is 14.3 Å². The fourth-order valence-corrected chi connectivity index (χ4v) is 1.97. The number of hydrogen-bond acceptors (Lipinski definition) is 5. The lowest BCUT2D eigenvalue weighted by Crippen LogP contribution is -2.31. The number of amides is 1. The molecule has 0 aliphatic rings. The van der Waals surface area contributed by atoms with Crippen LogP contribution in [-0.4, -0.2) is 25.1 Å². The highest BCUT2D eigenvalue weighted by Crippen LogP contribution is 2.22. The summed E-state index contributed by atoms with van der Waals surface area (Å²) in [5.74, 6) is -0.0977. The van der Waals surface area contributed by atoms with E-state index in [1.165, 1.54) is 6.26 Å². The van der Waals surface area contributed by atoms with E-state index in [9.17, 15) is 9.59 Å².